The monoisotopic (exact) mass is 263 g/mol. The molecule has 0 bridgehead atoms. The first-order valence-electron chi connectivity index (χ1n) is 6.57. The number of hydrogen-bond acceptors (Lipinski definition) is 4. The number of hydrogen-bond donors (Lipinski definition) is 3. The van der Waals surface area contributed by atoms with Gasteiger partial charge in [0.2, 0.25) is 0 Å². The predicted octanol–water partition coefficient (Wildman–Crippen LogP) is 0.434. The van der Waals surface area contributed by atoms with Gasteiger partial charge in [-0.15, -0.1) is 0 Å². The van der Waals surface area contributed by atoms with Crippen LogP contribution in [-0.2, 0) is 6.42 Å². The molecule has 1 aliphatic heterocycles. The van der Waals surface area contributed by atoms with Crippen molar-refractivity contribution in [2.24, 2.45) is 5.73 Å². The van der Waals surface area contributed by atoms with Crippen molar-refractivity contribution in [1.29, 1.82) is 0 Å². The number of benzene rings is 1. The summed E-state index contributed by atoms with van der Waals surface area (Å²) in [7, 11) is 0. The SMILES string of the molecule is NC(Cc1[nH]nc2cc(F)ccc12)N1CCNCC1. The van der Waals surface area contributed by atoms with Gasteiger partial charge >= 0.3 is 0 Å². The zero-order chi connectivity index (χ0) is 13.2. The zero-order valence-corrected chi connectivity index (χ0v) is 10.7. The van der Waals surface area contributed by atoms with Gasteiger partial charge in [-0.05, 0) is 12.1 Å². The van der Waals surface area contributed by atoms with E-state index in [1.54, 1.807) is 6.07 Å². The van der Waals surface area contributed by atoms with E-state index in [-0.39, 0.29) is 12.0 Å². The van der Waals surface area contributed by atoms with Gasteiger partial charge in [0, 0.05) is 49.7 Å². The van der Waals surface area contributed by atoms with Crippen LogP contribution in [0.1, 0.15) is 5.69 Å². The number of nitrogens with one attached hydrogen (secondary N) is 2. The van der Waals surface area contributed by atoms with E-state index in [9.17, 15) is 4.39 Å². The second kappa shape index (κ2) is 5.24. The van der Waals surface area contributed by atoms with Crippen LogP contribution < -0.4 is 11.1 Å². The first-order valence-corrected chi connectivity index (χ1v) is 6.57. The standard InChI is InChI=1S/C13H18FN5/c14-9-1-2-10-11(7-9)17-18-12(10)8-13(15)19-5-3-16-4-6-19/h1-2,7,13,16H,3-6,8,15H2,(H,17,18). The molecule has 0 spiro atoms. The van der Waals surface area contributed by atoms with Crippen molar-refractivity contribution in [3.8, 4) is 0 Å². The fraction of sp³-hybridized carbons (Fsp3) is 0.462. The van der Waals surface area contributed by atoms with Crippen molar-refractivity contribution < 1.29 is 4.39 Å². The number of nitrogens with zero attached hydrogens (tertiary/aromatic N) is 2. The minimum Gasteiger partial charge on any atom is -0.315 e. The molecule has 102 valence electrons. The van der Waals surface area contributed by atoms with Gasteiger partial charge in [-0.25, -0.2) is 4.39 Å². The third-order valence-corrected chi connectivity index (χ3v) is 3.63. The van der Waals surface area contributed by atoms with E-state index in [4.69, 9.17) is 5.73 Å². The third kappa shape index (κ3) is 2.60. The molecule has 1 unspecified atom stereocenters. The topological polar surface area (TPSA) is 70.0 Å². The van der Waals surface area contributed by atoms with E-state index in [2.05, 4.69) is 20.4 Å². The van der Waals surface area contributed by atoms with Crippen LogP contribution in [-0.4, -0.2) is 47.4 Å². The summed E-state index contributed by atoms with van der Waals surface area (Å²) in [5.41, 5.74) is 7.87. The van der Waals surface area contributed by atoms with Crippen molar-refractivity contribution in [2.45, 2.75) is 12.6 Å². The smallest absolute Gasteiger partial charge is 0.125 e. The Bertz CT molecular complexity index is 561. The molecule has 19 heavy (non-hydrogen) atoms. The van der Waals surface area contributed by atoms with Crippen LogP contribution >= 0.6 is 0 Å². The normalized spacial score (nSPS) is 18.8. The molecule has 4 N–H and O–H groups in total. The largest absolute Gasteiger partial charge is 0.315 e. The summed E-state index contributed by atoms with van der Waals surface area (Å²) in [4.78, 5) is 2.26. The van der Waals surface area contributed by atoms with Crippen molar-refractivity contribution in [3.05, 3.63) is 29.7 Å². The lowest BCUT2D eigenvalue weighted by atomic mass is 10.1. The first kappa shape index (κ1) is 12.5. The van der Waals surface area contributed by atoms with E-state index >= 15 is 0 Å². The van der Waals surface area contributed by atoms with Gasteiger partial charge in [-0.2, -0.15) is 5.10 Å². The number of H-pyrrole nitrogens is 1. The second-order valence-corrected chi connectivity index (χ2v) is 4.92. The number of aromatic amines is 1. The Kier molecular flexibility index (Phi) is 3.46. The van der Waals surface area contributed by atoms with Crippen molar-refractivity contribution in [3.63, 3.8) is 0 Å². The molecule has 0 aliphatic carbocycles. The number of nitrogens with two attached hydrogens (primary N) is 1. The lowest BCUT2D eigenvalue weighted by molar-refractivity contribution is 0.175. The molecule has 3 rings (SSSR count). The average molecular weight is 263 g/mol. The maximum absolute atomic E-state index is 13.1. The molecule has 1 fully saturated rings. The summed E-state index contributed by atoms with van der Waals surface area (Å²) in [6.07, 6.45) is 0.665. The average Bonchev–Trinajstić information content (AvgIpc) is 2.82. The van der Waals surface area contributed by atoms with Crippen molar-refractivity contribution in [2.75, 3.05) is 26.2 Å². The van der Waals surface area contributed by atoms with Crippen LogP contribution in [0.5, 0.6) is 0 Å². The molecule has 2 aromatic rings. The summed E-state index contributed by atoms with van der Waals surface area (Å²) in [5, 5.41) is 11.4. The van der Waals surface area contributed by atoms with Crippen LogP contribution in [0.3, 0.4) is 0 Å². The molecule has 1 atom stereocenters. The molecule has 1 aromatic heterocycles. The van der Waals surface area contributed by atoms with E-state index in [0.29, 0.717) is 11.9 Å². The van der Waals surface area contributed by atoms with Gasteiger partial charge in [0.15, 0.2) is 0 Å². The Morgan fingerprint density at radius 3 is 2.95 bits per heavy atom. The van der Waals surface area contributed by atoms with E-state index in [1.165, 1.54) is 12.1 Å². The Morgan fingerprint density at radius 2 is 2.16 bits per heavy atom. The van der Waals surface area contributed by atoms with Crippen LogP contribution in [0.2, 0.25) is 0 Å². The highest BCUT2D eigenvalue weighted by Gasteiger charge is 2.18. The van der Waals surface area contributed by atoms with Gasteiger partial charge in [0.1, 0.15) is 5.82 Å². The summed E-state index contributed by atoms with van der Waals surface area (Å²) >= 11 is 0. The molecule has 1 saturated heterocycles. The highest BCUT2D eigenvalue weighted by Crippen LogP contribution is 2.18. The van der Waals surface area contributed by atoms with Crippen LogP contribution in [0.4, 0.5) is 4.39 Å². The molecular formula is C13H18FN5. The summed E-state index contributed by atoms with van der Waals surface area (Å²) in [6.45, 7) is 3.87. The maximum Gasteiger partial charge on any atom is 0.125 e. The van der Waals surface area contributed by atoms with E-state index < -0.39 is 0 Å². The molecule has 1 aromatic carbocycles. The molecular weight excluding hydrogens is 245 g/mol. The Labute approximate surface area is 111 Å². The Morgan fingerprint density at radius 1 is 1.37 bits per heavy atom. The van der Waals surface area contributed by atoms with Crippen molar-refractivity contribution in [1.82, 2.24) is 20.4 Å². The van der Waals surface area contributed by atoms with Gasteiger partial charge in [-0.1, -0.05) is 0 Å². The summed E-state index contributed by atoms with van der Waals surface area (Å²) in [5.74, 6) is -0.267. The molecule has 0 amide bonds. The number of piperazine rings is 1. The molecule has 0 radical (unpaired) electrons. The minimum atomic E-state index is -0.267. The molecule has 1 aliphatic rings. The minimum absolute atomic E-state index is 0.0317. The van der Waals surface area contributed by atoms with Crippen molar-refractivity contribution >= 4 is 10.9 Å². The van der Waals surface area contributed by atoms with Crippen LogP contribution in [0, 0.1) is 5.82 Å². The second-order valence-electron chi connectivity index (χ2n) is 4.92. The van der Waals surface area contributed by atoms with E-state index in [1.807, 2.05) is 0 Å². The fourth-order valence-electron chi connectivity index (χ4n) is 2.55. The van der Waals surface area contributed by atoms with Gasteiger partial charge in [-0.3, -0.25) is 10.00 Å². The molecule has 6 heteroatoms. The lowest BCUT2D eigenvalue weighted by Gasteiger charge is -2.32. The zero-order valence-electron chi connectivity index (χ0n) is 10.7. The van der Waals surface area contributed by atoms with Gasteiger partial charge in [0.05, 0.1) is 11.7 Å². The number of halogens is 1. The number of rotatable bonds is 3. The van der Waals surface area contributed by atoms with Gasteiger partial charge < -0.3 is 11.1 Å². The maximum atomic E-state index is 13.1. The number of fused-ring (bicyclic) bond motifs is 1. The van der Waals surface area contributed by atoms with Gasteiger partial charge in [0.25, 0.3) is 0 Å². The third-order valence-electron chi connectivity index (χ3n) is 3.63. The lowest BCUT2D eigenvalue weighted by Crippen LogP contribution is -2.52. The molecule has 0 saturated carbocycles. The fourth-order valence-corrected chi connectivity index (χ4v) is 2.55. The van der Waals surface area contributed by atoms with E-state index in [0.717, 1.165) is 37.3 Å². The predicted molar refractivity (Wildman–Crippen MR) is 72.2 cm³/mol. The molecule has 2 heterocycles. The highest BCUT2D eigenvalue weighted by atomic mass is 19.1. The van der Waals surface area contributed by atoms with Crippen LogP contribution in [0.15, 0.2) is 18.2 Å². The molecule has 5 nitrogen and oxygen atoms in total. The summed E-state index contributed by atoms with van der Waals surface area (Å²) in [6, 6.07) is 4.65. The Hall–Kier alpha value is -1.50. The van der Waals surface area contributed by atoms with Crippen LogP contribution in [0.25, 0.3) is 10.9 Å². The highest BCUT2D eigenvalue weighted by molar-refractivity contribution is 5.81. The summed E-state index contributed by atoms with van der Waals surface area (Å²) < 4.78 is 13.1. The first-order chi connectivity index (χ1) is 9.24. The quantitative estimate of drug-likeness (QED) is 0.751. The number of aromatic nitrogens is 2. The Balaban J connectivity index is 1.77.